The highest BCUT2D eigenvalue weighted by Gasteiger charge is 2.31. The van der Waals surface area contributed by atoms with E-state index < -0.39 is 17.8 Å². The molecule has 0 aliphatic rings. The SMILES string of the molecule is CCOC(=O)Nc1cc(C(F)(F)F)ccc1I. The van der Waals surface area contributed by atoms with E-state index in [2.05, 4.69) is 10.1 Å². The Balaban J connectivity index is 2.95. The zero-order chi connectivity index (χ0) is 13.1. The van der Waals surface area contributed by atoms with Crippen LogP contribution in [0.3, 0.4) is 0 Å². The van der Waals surface area contributed by atoms with Gasteiger partial charge in [-0.15, -0.1) is 0 Å². The lowest BCUT2D eigenvalue weighted by Gasteiger charge is -2.11. The number of hydrogen-bond donors (Lipinski definition) is 1. The van der Waals surface area contributed by atoms with Gasteiger partial charge >= 0.3 is 12.3 Å². The predicted molar refractivity (Wildman–Crippen MR) is 64.8 cm³/mol. The number of halogens is 4. The number of carbonyl (C=O) groups is 1. The first-order valence-corrected chi connectivity index (χ1v) is 5.73. The molecule has 17 heavy (non-hydrogen) atoms. The molecule has 0 spiro atoms. The first-order valence-electron chi connectivity index (χ1n) is 4.65. The minimum atomic E-state index is -4.44. The zero-order valence-corrected chi connectivity index (χ0v) is 10.9. The van der Waals surface area contributed by atoms with Crippen LogP contribution in [-0.4, -0.2) is 12.7 Å². The number of benzene rings is 1. The van der Waals surface area contributed by atoms with E-state index in [1.165, 1.54) is 6.07 Å². The molecule has 1 aromatic carbocycles. The van der Waals surface area contributed by atoms with E-state index in [0.29, 0.717) is 3.57 Å². The van der Waals surface area contributed by atoms with Crippen molar-refractivity contribution < 1.29 is 22.7 Å². The lowest BCUT2D eigenvalue weighted by Crippen LogP contribution is -2.15. The fraction of sp³-hybridized carbons (Fsp3) is 0.300. The Labute approximate surface area is 109 Å². The van der Waals surface area contributed by atoms with E-state index in [1.807, 2.05) is 22.6 Å². The van der Waals surface area contributed by atoms with Crippen LogP contribution in [0.5, 0.6) is 0 Å². The Morgan fingerprint density at radius 2 is 2.12 bits per heavy atom. The molecular formula is C10H9F3INO2. The van der Waals surface area contributed by atoms with Gasteiger partial charge in [-0.1, -0.05) is 0 Å². The molecule has 1 aromatic rings. The van der Waals surface area contributed by atoms with E-state index in [0.717, 1.165) is 12.1 Å². The molecule has 0 fully saturated rings. The summed E-state index contributed by atoms with van der Waals surface area (Å²) in [5.74, 6) is 0. The molecule has 0 radical (unpaired) electrons. The van der Waals surface area contributed by atoms with Crippen LogP contribution in [0.15, 0.2) is 18.2 Å². The standard InChI is InChI=1S/C10H9F3INO2/c1-2-17-9(16)15-8-5-6(10(11,12)13)3-4-7(8)14/h3-5H,2H2,1H3,(H,15,16). The fourth-order valence-corrected chi connectivity index (χ4v) is 1.54. The first kappa shape index (κ1) is 14.1. The van der Waals surface area contributed by atoms with Gasteiger partial charge in [0.05, 0.1) is 17.9 Å². The summed E-state index contributed by atoms with van der Waals surface area (Å²) < 4.78 is 42.4. The number of nitrogens with one attached hydrogen (secondary N) is 1. The van der Waals surface area contributed by atoms with E-state index >= 15 is 0 Å². The fourth-order valence-electron chi connectivity index (χ4n) is 1.07. The average molecular weight is 359 g/mol. The molecule has 7 heteroatoms. The summed E-state index contributed by atoms with van der Waals surface area (Å²) in [5, 5.41) is 2.25. The number of anilines is 1. The molecule has 0 saturated heterocycles. The highest BCUT2D eigenvalue weighted by atomic mass is 127. The summed E-state index contributed by atoms with van der Waals surface area (Å²) in [7, 11) is 0. The van der Waals surface area contributed by atoms with Crippen molar-refractivity contribution in [2.45, 2.75) is 13.1 Å². The molecule has 0 unspecified atom stereocenters. The van der Waals surface area contributed by atoms with Crippen LogP contribution in [0, 0.1) is 3.57 Å². The maximum atomic E-state index is 12.4. The summed E-state index contributed by atoms with van der Waals surface area (Å²) in [6.07, 6.45) is -5.21. The van der Waals surface area contributed by atoms with Crippen molar-refractivity contribution in [3.63, 3.8) is 0 Å². The second kappa shape index (κ2) is 5.56. The zero-order valence-electron chi connectivity index (χ0n) is 8.77. The third-order valence-electron chi connectivity index (χ3n) is 1.81. The van der Waals surface area contributed by atoms with Crippen molar-refractivity contribution in [2.75, 3.05) is 11.9 Å². The van der Waals surface area contributed by atoms with Crippen molar-refractivity contribution in [3.8, 4) is 0 Å². The Bertz CT molecular complexity index is 421. The number of carbonyl (C=O) groups excluding carboxylic acids is 1. The van der Waals surface area contributed by atoms with E-state index in [9.17, 15) is 18.0 Å². The molecule has 0 saturated carbocycles. The molecular weight excluding hydrogens is 350 g/mol. The molecule has 0 atom stereocenters. The van der Waals surface area contributed by atoms with Crippen LogP contribution < -0.4 is 5.32 Å². The van der Waals surface area contributed by atoms with Gasteiger partial charge in [-0.3, -0.25) is 5.32 Å². The third-order valence-corrected chi connectivity index (χ3v) is 2.75. The number of rotatable bonds is 2. The summed E-state index contributed by atoms with van der Waals surface area (Å²) in [5.41, 5.74) is -0.733. The molecule has 1 amide bonds. The van der Waals surface area contributed by atoms with E-state index in [-0.39, 0.29) is 12.3 Å². The average Bonchev–Trinajstić information content (AvgIpc) is 2.20. The van der Waals surface area contributed by atoms with Crippen LogP contribution in [-0.2, 0) is 10.9 Å². The Morgan fingerprint density at radius 3 is 2.65 bits per heavy atom. The van der Waals surface area contributed by atoms with Crippen LogP contribution in [0.1, 0.15) is 12.5 Å². The highest BCUT2D eigenvalue weighted by molar-refractivity contribution is 14.1. The third kappa shape index (κ3) is 4.06. The van der Waals surface area contributed by atoms with E-state index in [1.54, 1.807) is 6.92 Å². The second-order valence-electron chi connectivity index (χ2n) is 3.04. The van der Waals surface area contributed by atoms with Crippen LogP contribution in [0.4, 0.5) is 23.7 Å². The first-order chi connectivity index (χ1) is 7.84. The molecule has 0 heterocycles. The molecule has 1 rings (SSSR count). The summed E-state index contributed by atoms with van der Waals surface area (Å²) in [4.78, 5) is 11.1. The smallest absolute Gasteiger partial charge is 0.416 e. The molecule has 0 aromatic heterocycles. The molecule has 0 aliphatic carbocycles. The quantitative estimate of drug-likeness (QED) is 0.814. The molecule has 3 nitrogen and oxygen atoms in total. The minimum absolute atomic E-state index is 0.0823. The van der Waals surface area contributed by atoms with E-state index in [4.69, 9.17) is 0 Å². The molecule has 0 bridgehead atoms. The maximum Gasteiger partial charge on any atom is 0.416 e. The minimum Gasteiger partial charge on any atom is -0.450 e. The molecule has 1 N–H and O–H groups in total. The Morgan fingerprint density at radius 1 is 1.47 bits per heavy atom. The lowest BCUT2D eigenvalue weighted by molar-refractivity contribution is -0.137. The van der Waals surface area contributed by atoms with Crippen molar-refractivity contribution in [1.29, 1.82) is 0 Å². The highest BCUT2D eigenvalue weighted by Crippen LogP contribution is 2.32. The Hall–Kier alpha value is -0.990. The van der Waals surface area contributed by atoms with Crippen LogP contribution in [0.25, 0.3) is 0 Å². The van der Waals surface area contributed by atoms with Crippen molar-refractivity contribution in [1.82, 2.24) is 0 Å². The van der Waals surface area contributed by atoms with Crippen molar-refractivity contribution >= 4 is 34.4 Å². The monoisotopic (exact) mass is 359 g/mol. The molecule has 0 aliphatic heterocycles. The number of ether oxygens (including phenoxy) is 1. The Kier molecular flexibility index (Phi) is 4.61. The van der Waals surface area contributed by atoms with Gasteiger partial charge in [-0.25, -0.2) is 4.79 Å². The van der Waals surface area contributed by atoms with Crippen LogP contribution in [0.2, 0.25) is 0 Å². The predicted octanol–water partition coefficient (Wildman–Crippen LogP) is 3.88. The van der Waals surface area contributed by atoms with Crippen LogP contribution >= 0.6 is 22.6 Å². The second-order valence-corrected chi connectivity index (χ2v) is 4.20. The lowest BCUT2D eigenvalue weighted by atomic mass is 10.2. The number of hydrogen-bond acceptors (Lipinski definition) is 2. The van der Waals surface area contributed by atoms with Gasteiger partial charge in [0.2, 0.25) is 0 Å². The largest absolute Gasteiger partial charge is 0.450 e. The number of alkyl halides is 3. The topological polar surface area (TPSA) is 38.3 Å². The van der Waals surface area contributed by atoms with Crippen molar-refractivity contribution in [2.24, 2.45) is 0 Å². The molecule has 94 valence electrons. The summed E-state index contributed by atoms with van der Waals surface area (Å²) >= 11 is 1.83. The van der Waals surface area contributed by atoms with Gasteiger partial charge in [-0.05, 0) is 47.7 Å². The maximum absolute atomic E-state index is 12.4. The van der Waals surface area contributed by atoms with Gasteiger partial charge in [0.25, 0.3) is 0 Å². The van der Waals surface area contributed by atoms with Gasteiger partial charge < -0.3 is 4.74 Å². The number of amides is 1. The normalized spacial score (nSPS) is 11.1. The van der Waals surface area contributed by atoms with Crippen molar-refractivity contribution in [3.05, 3.63) is 27.3 Å². The van der Waals surface area contributed by atoms with Gasteiger partial charge in [0.1, 0.15) is 0 Å². The van der Waals surface area contributed by atoms with Gasteiger partial charge in [0, 0.05) is 3.57 Å². The summed E-state index contributed by atoms with van der Waals surface area (Å²) in [6.45, 7) is 1.76. The van der Waals surface area contributed by atoms with Gasteiger partial charge in [0.15, 0.2) is 0 Å². The van der Waals surface area contributed by atoms with Gasteiger partial charge in [-0.2, -0.15) is 13.2 Å². The summed E-state index contributed by atoms with van der Waals surface area (Å²) in [6, 6.07) is 3.11.